The molecule has 12 nitrogen and oxygen atoms in total. The van der Waals surface area contributed by atoms with Gasteiger partial charge in [0.15, 0.2) is 11.9 Å². The molecule has 0 saturated carbocycles. The highest BCUT2D eigenvalue weighted by atomic mass is 16.7. The number of nitro benzene ring substituents is 1. The number of nitro groups is 1. The van der Waals surface area contributed by atoms with Gasteiger partial charge in [-0.1, -0.05) is 12.1 Å². The van der Waals surface area contributed by atoms with Crippen LogP contribution >= 0.6 is 0 Å². The molecule has 0 radical (unpaired) electrons. The Kier molecular flexibility index (Phi) is 7.75. The van der Waals surface area contributed by atoms with Gasteiger partial charge in [-0.25, -0.2) is 0 Å². The van der Waals surface area contributed by atoms with E-state index in [-0.39, 0.29) is 23.9 Å². The van der Waals surface area contributed by atoms with Crippen LogP contribution < -0.4 is 15.2 Å². The van der Waals surface area contributed by atoms with Gasteiger partial charge < -0.3 is 34.7 Å². The smallest absolute Gasteiger partial charge is 0.270 e. The van der Waals surface area contributed by atoms with E-state index < -0.39 is 29.0 Å². The number of methoxy groups -OCH3 is 3. The highest BCUT2D eigenvalue weighted by molar-refractivity contribution is 5.80. The number of hydrogen-bond donors (Lipinski definition) is 2. The summed E-state index contributed by atoms with van der Waals surface area (Å²) in [6.07, 6.45) is -0.739. The molecule has 186 valence electrons. The van der Waals surface area contributed by atoms with E-state index in [2.05, 4.69) is 4.99 Å². The lowest BCUT2D eigenvalue weighted by atomic mass is 9.83. The molecule has 2 aromatic rings. The fourth-order valence-electron chi connectivity index (χ4n) is 4.21. The van der Waals surface area contributed by atoms with Gasteiger partial charge in [-0.3, -0.25) is 10.1 Å². The second-order valence-corrected chi connectivity index (χ2v) is 8.00. The van der Waals surface area contributed by atoms with Gasteiger partial charge in [0.05, 0.1) is 18.1 Å². The number of nitrogens with zero attached hydrogens (tertiary/aromatic N) is 4. The van der Waals surface area contributed by atoms with Gasteiger partial charge in [0.1, 0.15) is 17.6 Å². The van der Waals surface area contributed by atoms with Crippen molar-refractivity contribution >= 4 is 11.6 Å². The molecule has 2 aromatic carbocycles. The van der Waals surface area contributed by atoms with E-state index in [0.717, 1.165) is 5.56 Å². The number of guanidine groups is 1. The Morgan fingerprint density at radius 1 is 1.31 bits per heavy atom. The van der Waals surface area contributed by atoms with Crippen molar-refractivity contribution in [3.05, 3.63) is 63.7 Å². The Bertz CT molecular complexity index is 1130. The molecular formula is C23H27N5O7. The number of ether oxygens (including phenoxy) is 4. The van der Waals surface area contributed by atoms with Gasteiger partial charge in [-0.2, -0.15) is 5.26 Å². The minimum Gasteiger partial charge on any atom is -0.497 e. The van der Waals surface area contributed by atoms with Gasteiger partial charge in [0, 0.05) is 38.5 Å². The van der Waals surface area contributed by atoms with Crippen molar-refractivity contribution in [3.8, 4) is 17.7 Å². The molecule has 3 N–H and O–H groups in total. The number of hydrogen-bond acceptors (Lipinski definition) is 9. The van der Waals surface area contributed by atoms with Crippen LogP contribution in [0.1, 0.15) is 24.1 Å². The van der Waals surface area contributed by atoms with Gasteiger partial charge >= 0.3 is 0 Å². The number of non-ortho nitro benzene ring substituents is 1. The maximum Gasteiger partial charge on any atom is 0.270 e. The zero-order chi connectivity index (χ0) is 25.8. The largest absolute Gasteiger partial charge is 0.497 e. The Morgan fingerprint density at radius 2 is 1.97 bits per heavy atom. The zero-order valence-corrected chi connectivity index (χ0v) is 19.7. The summed E-state index contributed by atoms with van der Waals surface area (Å²) in [7, 11) is 4.34. The third-order valence-corrected chi connectivity index (χ3v) is 5.94. The second-order valence-electron chi connectivity index (χ2n) is 8.00. The minimum absolute atomic E-state index is 0.103. The van der Waals surface area contributed by atoms with E-state index in [4.69, 9.17) is 24.7 Å². The molecule has 3 atom stereocenters. The Morgan fingerprint density at radius 3 is 2.51 bits per heavy atom. The summed E-state index contributed by atoms with van der Waals surface area (Å²) in [6.45, 7) is 1.70. The molecular weight excluding hydrogens is 458 g/mol. The fraction of sp³-hybridized carbons (Fsp3) is 0.391. The molecule has 0 bridgehead atoms. The van der Waals surface area contributed by atoms with E-state index in [0.29, 0.717) is 11.3 Å². The quantitative estimate of drug-likeness (QED) is 0.141. The normalized spacial score (nSPS) is 21.6. The van der Waals surface area contributed by atoms with E-state index >= 15 is 0 Å². The summed E-state index contributed by atoms with van der Waals surface area (Å²) in [5, 5.41) is 32.3. The molecule has 0 spiro atoms. The molecule has 0 aromatic heterocycles. The van der Waals surface area contributed by atoms with E-state index in [1.54, 1.807) is 44.5 Å². The zero-order valence-electron chi connectivity index (χ0n) is 19.7. The standard InChI is InChI=1S/C23H27N5O7/c1-23(21(33-3)34-4)20(29)19(17-11-15(28(30)31)7-10-18(17)35-23)27(22(25)26-13-24)12-14-5-8-16(32-2)9-6-14/h5-11,19-21,29H,12H2,1-4H3,(H2,25,26)/t19-,20+,23+/m1/s1. The molecule has 0 aliphatic carbocycles. The third kappa shape index (κ3) is 4.97. The highest BCUT2D eigenvalue weighted by Crippen LogP contribution is 2.46. The van der Waals surface area contributed by atoms with Crippen LogP contribution in [-0.2, 0) is 16.0 Å². The number of nitrogens with two attached hydrogens (primary N) is 1. The first-order valence-electron chi connectivity index (χ1n) is 10.5. The van der Waals surface area contributed by atoms with E-state index in [1.807, 2.05) is 0 Å². The number of benzene rings is 2. The summed E-state index contributed by atoms with van der Waals surface area (Å²) in [6, 6.07) is 10.1. The third-order valence-electron chi connectivity index (χ3n) is 5.94. The molecule has 35 heavy (non-hydrogen) atoms. The molecule has 1 aliphatic rings. The Labute approximate surface area is 202 Å². The van der Waals surface area contributed by atoms with Gasteiger partial charge in [-0.15, -0.1) is 4.99 Å². The molecule has 1 aliphatic heterocycles. The lowest BCUT2D eigenvalue weighted by molar-refractivity contribution is -0.385. The lowest BCUT2D eigenvalue weighted by Crippen LogP contribution is -2.63. The van der Waals surface area contributed by atoms with Crippen molar-refractivity contribution in [2.75, 3.05) is 21.3 Å². The topological polar surface area (TPSA) is 166 Å². The Hall–Kier alpha value is -3.92. The number of nitriles is 1. The van der Waals surface area contributed by atoms with Crippen molar-refractivity contribution < 1.29 is 29.0 Å². The van der Waals surface area contributed by atoms with Crippen molar-refractivity contribution in [3.63, 3.8) is 0 Å². The SMILES string of the molecule is COc1ccc(CN(C(N)=NC#N)[C@@H]2c3cc([N+](=O)[O-])ccc3O[C@](C)(C(OC)OC)[C@H]2O)cc1. The van der Waals surface area contributed by atoms with Crippen molar-refractivity contribution in [1.82, 2.24) is 4.90 Å². The fourth-order valence-corrected chi connectivity index (χ4v) is 4.21. The molecule has 0 unspecified atom stereocenters. The lowest BCUT2D eigenvalue weighted by Gasteiger charge is -2.49. The summed E-state index contributed by atoms with van der Waals surface area (Å²) in [5.41, 5.74) is 5.57. The highest BCUT2D eigenvalue weighted by Gasteiger charge is 2.54. The predicted octanol–water partition coefficient (Wildman–Crippen LogP) is 2.07. The van der Waals surface area contributed by atoms with E-state index in [9.17, 15) is 20.5 Å². The average molecular weight is 485 g/mol. The molecule has 1 heterocycles. The van der Waals surface area contributed by atoms with Crippen LogP contribution in [0.4, 0.5) is 5.69 Å². The van der Waals surface area contributed by atoms with Crippen LogP contribution in [0.25, 0.3) is 0 Å². The van der Waals surface area contributed by atoms with Crippen LogP contribution in [0.5, 0.6) is 11.5 Å². The maximum atomic E-state index is 11.6. The van der Waals surface area contributed by atoms with Crippen molar-refractivity contribution in [2.45, 2.75) is 37.5 Å². The summed E-state index contributed by atoms with van der Waals surface area (Å²) in [4.78, 5) is 16.1. The summed E-state index contributed by atoms with van der Waals surface area (Å²) >= 11 is 0. The Balaban J connectivity index is 2.20. The molecule has 3 rings (SSSR count). The number of aliphatic hydroxyl groups excluding tert-OH is 1. The summed E-state index contributed by atoms with van der Waals surface area (Å²) < 4.78 is 22.1. The molecule has 0 amide bonds. The summed E-state index contributed by atoms with van der Waals surface area (Å²) in [5.74, 6) is 0.707. The maximum absolute atomic E-state index is 11.6. The average Bonchev–Trinajstić information content (AvgIpc) is 2.84. The monoisotopic (exact) mass is 485 g/mol. The van der Waals surface area contributed by atoms with Gasteiger partial charge in [0.2, 0.25) is 12.2 Å². The van der Waals surface area contributed by atoms with Crippen molar-refractivity contribution in [1.29, 1.82) is 5.26 Å². The van der Waals surface area contributed by atoms with Crippen LogP contribution in [0.2, 0.25) is 0 Å². The second kappa shape index (κ2) is 10.6. The van der Waals surface area contributed by atoms with Gasteiger partial charge in [0.25, 0.3) is 5.69 Å². The molecule has 0 saturated heterocycles. The first-order valence-corrected chi connectivity index (χ1v) is 10.5. The number of fused-ring (bicyclic) bond motifs is 1. The van der Waals surface area contributed by atoms with Crippen molar-refractivity contribution in [2.24, 2.45) is 10.7 Å². The number of aliphatic imine (C=N–C) groups is 1. The van der Waals surface area contributed by atoms with Crippen LogP contribution in [-0.4, -0.2) is 60.2 Å². The molecule has 0 fully saturated rings. The predicted molar refractivity (Wildman–Crippen MR) is 124 cm³/mol. The van der Waals surface area contributed by atoms with Crippen LogP contribution in [0.3, 0.4) is 0 Å². The van der Waals surface area contributed by atoms with Gasteiger partial charge in [-0.05, 0) is 30.7 Å². The molecule has 12 heteroatoms. The minimum atomic E-state index is -1.46. The first kappa shape index (κ1) is 25.7. The number of rotatable bonds is 8. The van der Waals surface area contributed by atoms with Crippen LogP contribution in [0.15, 0.2) is 47.5 Å². The van der Waals surface area contributed by atoms with Crippen LogP contribution in [0, 0.1) is 21.6 Å². The van der Waals surface area contributed by atoms with E-state index in [1.165, 1.54) is 37.3 Å². The first-order chi connectivity index (χ1) is 16.7. The number of aliphatic hydroxyl groups is 1.